The van der Waals surface area contributed by atoms with Gasteiger partial charge in [-0.2, -0.15) is 5.10 Å². The molecule has 0 unspecified atom stereocenters. The molecule has 1 saturated heterocycles. The summed E-state index contributed by atoms with van der Waals surface area (Å²) in [5.41, 5.74) is 2.26. The molecule has 1 aliphatic heterocycles. The lowest BCUT2D eigenvalue weighted by molar-refractivity contribution is 0.0845. The molecule has 3 rings (SSSR count). The SMILES string of the molecule is Cc1sc(-c2ccn[nH]2)nc1C1CCOCC1. The van der Waals surface area contributed by atoms with Crippen LogP contribution in [0.3, 0.4) is 0 Å². The smallest absolute Gasteiger partial charge is 0.141 e. The average molecular weight is 249 g/mol. The molecular weight excluding hydrogens is 234 g/mol. The largest absolute Gasteiger partial charge is 0.381 e. The van der Waals surface area contributed by atoms with E-state index in [9.17, 15) is 0 Å². The van der Waals surface area contributed by atoms with Crippen molar-refractivity contribution in [3.8, 4) is 10.7 Å². The third-order valence-corrected chi connectivity index (χ3v) is 4.19. The van der Waals surface area contributed by atoms with Crippen molar-refractivity contribution in [2.24, 2.45) is 0 Å². The zero-order valence-corrected chi connectivity index (χ0v) is 10.6. The first-order chi connectivity index (χ1) is 8.34. The molecule has 90 valence electrons. The molecule has 1 aliphatic rings. The molecule has 2 aromatic rings. The molecule has 0 amide bonds. The predicted octanol–water partition coefficient (Wildman–Crippen LogP) is 2.74. The maximum atomic E-state index is 5.40. The lowest BCUT2D eigenvalue weighted by Crippen LogP contribution is -2.14. The van der Waals surface area contributed by atoms with Crippen LogP contribution in [0, 0.1) is 6.92 Å². The minimum absolute atomic E-state index is 0.566. The van der Waals surface area contributed by atoms with Crippen LogP contribution in [0.5, 0.6) is 0 Å². The number of nitrogens with one attached hydrogen (secondary N) is 1. The topological polar surface area (TPSA) is 50.8 Å². The number of nitrogens with zero attached hydrogens (tertiary/aromatic N) is 2. The summed E-state index contributed by atoms with van der Waals surface area (Å²) in [6, 6.07) is 1.96. The van der Waals surface area contributed by atoms with Crippen LogP contribution in [-0.2, 0) is 4.74 Å². The fraction of sp³-hybridized carbons (Fsp3) is 0.500. The highest BCUT2D eigenvalue weighted by Crippen LogP contribution is 2.34. The predicted molar refractivity (Wildman–Crippen MR) is 67.2 cm³/mol. The van der Waals surface area contributed by atoms with E-state index in [0.717, 1.165) is 36.8 Å². The van der Waals surface area contributed by atoms with Crippen LogP contribution in [0.15, 0.2) is 12.3 Å². The van der Waals surface area contributed by atoms with Gasteiger partial charge in [-0.15, -0.1) is 11.3 Å². The van der Waals surface area contributed by atoms with Gasteiger partial charge in [0.25, 0.3) is 0 Å². The first-order valence-electron chi connectivity index (χ1n) is 5.89. The summed E-state index contributed by atoms with van der Waals surface area (Å²) in [6.07, 6.45) is 3.94. The van der Waals surface area contributed by atoms with Crippen molar-refractivity contribution in [3.05, 3.63) is 22.8 Å². The Bertz CT molecular complexity index is 486. The average Bonchev–Trinajstić information content (AvgIpc) is 2.99. The van der Waals surface area contributed by atoms with Gasteiger partial charge in [-0.25, -0.2) is 4.98 Å². The Morgan fingerprint density at radius 2 is 2.24 bits per heavy atom. The highest BCUT2D eigenvalue weighted by Gasteiger charge is 2.21. The van der Waals surface area contributed by atoms with Gasteiger partial charge in [0.2, 0.25) is 0 Å². The highest BCUT2D eigenvalue weighted by molar-refractivity contribution is 7.15. The minimum Gasteiger partial charge on any atom is -0.381 e. The number of aromatic nitrogens is 3. The van der Waals surface area contributed by atoms with E-state index in [0.29, 0.717) is 5.92 Å². The minimum atomic E-state index is 0.566. The zero-order chi connectivity index (χ0) is 11.7. The summed E-state index contributed by atoms with van der Waals surface area (Å²) < 4.78 is 5.40. The van der Waals surface area contributed by atoms with Gasteiger partial charge in [-0.1, -0.05) is 0 Å². The molecule has 0 saturated carbocycles. The van der Waals surface area contributed by atoms with Gasteiger partial charge in [0.05, 0.1) is 11.4 Å². The number of aromatic amines is 1. The maximum Gasteiger partial charge on any atom is 0.141 e. The number of hydrogen-bond donors (Lipinski definition) is 1. The Morgan fingerprint density at radius 3 is 2.94 bits per heavy atom. The van der Waals surface area contributed by atoms with Crippen LogP contribution in [0.1, 0.15) is 29.3 Å². The Balaban J connectivity index is 1.90. The van der Waals surface area contributed by atoms with E-state index in [2.05, 4.69) is 17.1 Å². The first-order valence-corrected chi connectivity index (χ1v) is 6.71. The molecule has 5 heteroatoms. The van der Waals surface area contributed by atoms with Crippen LogP contribution in [-0.4, -0.2) is 28.4 Å². The van der Waals surface area contributed by atoms with Crippen molar-refractivity contribution in [2.45, 2.75) is 25.7 Å². The summed E-state index contributed by atoms with van der Waals surface area (Å²) >= 11 is 1.74. The Morgan fingerprint density at radius 1 is 1.41 bits per heavy atom. The van der Waals surface area contributed by atoms with Crippen molar-refractivity contribution >= 4 is 11.3 Å². The van der Waals surface area contributed by atoms with E-state index in [-0.39, 0.29) is 0 Å². The summed E-state index contributed by atoms with van der Waals surface area (Å²) in [5.74, 6) is 0.566. The number of ether oxygens (including phenoxy) is 1. The molecule has 2 aromatic heterocycles. The number of aryl methyl sites for hydroxylation is 1. The lowest BCUT2D eigenvalue weighted by Gasteiger charge is -2.20. The number of hydrogen-bond acceptors (Lipinski definition) is 4. The molecule has 0 spiro atoms. The van der Waals surface area contributed by atoms with Gasteiger partial charge in [0.1, 0.15) is 5.01 Å². The van der Waals surface area contributed by atoms with Crippen LogP contribution in [0.25, 0.3) is 10.7 Å². The Labute approximate surface area is 104 Å². The summed E-state index contributed by atoms with van der Waals surface area (Å²) in [6.45, 7) is 3.88. The Hall–Kier alpha value is -1.20. The van der Waals surface area contributed by atoms with E-state index in [4.69, 9.17) is 9.72 Å². The number of thiazole rings is 1. The quantitative estimate of drug-likeness (QED) is 0.890. The van der Waals surface area contributed by atoms with Crippen molar-refractivity contribution in [1.29, 1.82) is 0 Å². The van der Waals surface area contributed by atoms with E-state index in [1.54, 1.807) is 17.5 Å². The van der Waals surface area contributed by atoms with Gasteiger partial charge in [-0.3, -0.25) is 5.10 Å². The molecule has 17 heavy (non-hydrogen) atoms. The van der Waals surface area contributed by atoms with Gasteiger partial charge >= 0.3 is 0 Å². The standard InChI is InChI=1S/C12H15N3OS/c1-8-11(9-3-6-16-7-4-9)14-12(17-8)10-2-5-13-15-10/h2,5,9H,3-4,6-7H2,1H3,(H,13,15). The second kappa shape index (κ2) is 4.58. The third kappa shape index (κ3) is 2.12. The van der Waals surface area contributed by atoms with Crippen molar-refractivity contribution in [1.82, 2.24) is 15.2 Å². The van der Waals surface area contributed by atoms with Crippen LogP contribution >= 0.6 is 11.3 Å². The molecule has 0 atom stereocenters. The van der Waals surface area contributed by atoms with Crippen LogP contribution in [0.2, 0.25) is 0 Å². The second-order valence-corrected chi connectivity index (χ2v) is 5.52. The molecule has 0 radical (unpaired) electrons. The van der Waals surface area contributed by atoms with E-state index in [1.807, 2.05) is 6.07 Å². The molecule has 3 heterocycles. The fourth-order valence-electron chi connectivity index (χ4n) is 2.25. The third-order valence-electron chi connectivity index (χ3n) is 3.17. The molecule has 1 fully saturated rings. The van der Waals surface area contributed by atoms with E-state index < -0.39 is 0 Å². The molecule has 0 aromatic carbocycles. The lowest BCUT2D eigenvalue weighted by atomic mass is 9.96. The molecule has 4 nitrogen and oxygen atoms in total. The van der Waals surface area contributed by atoms with Gasteiger partial charge < -0.3 is 4.74 Å². The van der Waals surface area contributed by atoms with Crippen molar-refractivity contribution in [3.63, 3.8) is 0 Å². The number of rotatable bonds is 2. The highest BCUT2D eigenvalue weighted by atomic mass is 32.1. The molecule has 0 aliphatic carbocycles. The summed E-state index contributed by atoms with van der Waals surface area (Å²) in [4.78, 5) is 6.09. The summed E-state index contributed by atoms with van der Waals surface area (Å²) in [7, 11) is 0. The van der Waals surface area contributed by atoms with E-state index >= 15 is 0 Å². The zero-order valence-electron chi connectivity index (χ0n) is 9.77. The maximum absolute atomic E-state index is 5.40. The monoisotopic (exact) mass is 249 g/mol. The van der Waals surface area contributed by atoms with Crippen molar-refractivity contribution < 1.29 is 4.74 Å². The first kappa shape index (κ1) is 10.9. The van der Waals surface area contributed by atoms with E-state index in [1.165, 1.54) is 10.6 Å². The number of H-pyrrole nitrogens is 1. The van der Waals surface area contributed by atoms with Gasteiger partial charge in [0, 0.05) is 30.2 Å². The van der Waals surface area contributed by atoms with Gasteiger partial charge in [0.15, 0.2) is 0 Å². The van der Waals surface area contributed by atoms with Crippen LogP contribution in [0.4, 0.5) is 0 Å². The second-order valence-electron chi connectivity index (χ2n) is 4.32. The summed E-state index contributed by atoms with van der Waals surface area (Å²) in [5, 5.41) is 7.98. The fourth-order valence-corrected chi connectivity index (χ4v) is 3.22. The Kier molecular flexibility index (Phi) is 2.94. The normalized spacial score (nSPS) is 17.5. The molecule has 1 N–H and O–H groups in total. The van der Waals surface area contributed by atoms with Crippen LogP contribution < -0.4 is 0 Å². The molecular formula is C12H15N3OS. The van der Waals surface area contributed by atoms with Gasteiger partial charge in [-0.05, 0) is 25.8 Å². The van der Waals surface area contributed by atoms with Crippen molar-refractivity contribution in [2.75, 3.05) is 13.2 Å². The molecule has 0 bridgehead atoms.